The van der Waals surface area contributed by atoms with Crippen molar-refractivity contribution >= 4 is 17.8 Å². The second-order valence-corrected chi connectivity index (χ2v) is 7.52. The van der Waals surface area contributed by atoms with E-state index in [0.29, 0.717) is 0 Å². The molecule has 0 aliphatic carbocycles. The molecule has 0 aromatic rings. The number of amides is 2. The van der Waals surface area contributed by atoms with Crippen LogP contribution in [0.2, 0.25) is 0 Å². The van der Waals surface area contributed by atoms with Gasteiger partial charge in [-0.05, 0) is 19.3 Å². The van der Waals surface area contributed by atoms with Crippen molar-refractivity contribution in [2.24, 2.45) is 5.73 Å². The molecule has 0 fully saturated rings. The highest BCUT2D eigenvalue weighted by atomic mass is 16.4. The van der Waals surface area contributed by atoms with Crippen molar-refractivity contribution in [1.29, 1.82) is 0 Å². The molecule has 0 spiro atoms. The Balaban J connectivity index is 3.70. The summed E-state index contributed by atoms with van der Waals surface area (Å²) in [6.07, 6.45) is 22.1. The fourth-order valence-electron chi connectivity index (χ4n) is 3.01. The Bertz CT molecular complexity index is 515. The zero-order valence-corrected chi connectivity index (χ0v) is 18.0. The van der Waals surface area contributed by atoms with Gasteiger partial charge in [-0.25, -0.2) is 4.79 Å². The third-order valence-electron chi connectivity index (χ3n) is 4.76. The van der Waals surface area contributed by atoms with E-state index < -0.39 is 23.8 Å². The van der Waals surface area contributed by atoms with Crippen LogP contribution < -0.4 is 11.1 Å². The molecular weight excluding hydrogens is 368 g/mol. The molecular formula is C23H40N2O4. The maximum absolute atomic E-state index is 11.7. The highest BCUT2D eigenvalue weighted by molar-refractivity contribution is 5.91. The first-order chi connectivity index (χ1) is 14.0. The molecule has 0 rings (SSSR count). The van der Waals surface area contributed by atoms with E-state index in [9.17, 15) is 14.4 Å². The molecule has 0 saturated carbocycles. The van der Waals surface area contributed by atoms with Crippen LogP contribution in [-0.4, -0.2) is 28.9 Å². The van der Waals surface area contributed by atoms with Gasteiger partial charge in [-0.2, -0.15) is 0 Å². The smallest absolute Gasteiger partial charge is 0.326 e. The van der Waals surface area contributed by atoms with Crippen LogP contribution in [-0.2, 0) is 14.4 Å². The number of hydrogen-bond donors (Lipinski definition) is 3. The summed E-state index contributed by atoms with van der Waals surface area (Å²) < 4.78 is 0. The lowest BCUT2D eigenvalue weighted by Crippen LogP contribution is -2.40. The van der Waals surface area contributed by atoms with Gasteiger partial charge in [-0.3, -0.25) is 9.59 Å². The Kier molecular flexibility index (Phi) is 17.8. The molecule has 0 saturated heterocycles. The zero-order chi connectivity index (χ0) is 21.7. The monoisotopic (exact) mass is 408 g/mol. The van der Waals surface area contributed by atoms with E-state index in [1.165, 1.54) is 70.3 Å². The minimum absolute atomic E-state index is 0.0149. The van der Waals surface area contributed by atoms with E-state index in [1.54, 1.807) is 12.2 Å². The van der Waals surface area contributed by atoms with Crippen molar-refractivity contribution in [2.75, 3.05) is 0 Å². The van der Waals surface area contributed by atoms with E-state index in [-0.39, 0.29) is 12.8 Å². The lowest BCUT2D eigenvalue weighted by atomic mass is 10.1. The van der Waals surface area contributed by atoms with Crippen molar-refractivity contribution < 1.29 is 19.5 Å². The number of aliphatic carboxylic acids is 1. The molecule has 0 radical (unpaired) electrons. The van der Waals surface area contributed by atoms with Crippen LogP contribution in [0.15, 0.2) is 24.3 Å². The first kappa shape index (κ1) is 26.9. The van der Waals surface area contributed by atoms with Crippen LogP contribution in [0.5, 0.6) is 0 Å². The van der Waals surface area contributed by atoms with E-state index in [2.05, 4.69) is 12.2 Å². The Morgan fingerprint density at radius 3 is 1.97 bits per heavy atom. The molecule has 29 heavy (non-hydrogen) atoms. The number of carboxylic acids is 1. The molecule has 6 heteroatoms. The maximum Gasteiger partial charge on any atom is 0.326 e. The van der Waals surface area contributed by atoms with Crippen LogP contribution in [0.1, 0.15) is 96.8 Å². The van der Waals surface area contributed by atoms with E-state index in [4.69, 9.17) is 10.8 Å². The summed E-state index contributed by atoms with van der Waals surface area (Å²) in [7, 11) is 0. The first-order valence-electron chi connectivity index (χ1n) is 11.1. The van der Waals surface area contributed by atoms with Gasteiger partial charge in [0.1, 0.15) is 6.04 Å². The van der Waals surface area contributed by atoms with Gasteiger partial charge in [0.25, 0.3) is 0 Å². The van der Waals surface area contributed by atoms with E-state index in [1.807, 2.05) is 6.08 Å². The lowest BCUT2D eigenvalue weighted by molar-refractivity contribution is -0.141. The standard InChI is InChI=1S/C23H40N2O4/c1-2-3-4-5-6-7-8-9-10-11-12-13-14-15-16-17-22(27)25-20(23(28)29)18-19-21(24)26/h14-17,20H,2-13,18-19H2,1H3,(H2,24,26)(H,25,27)(H,28,29)/t20-/m0/s1. The number of carbonyl (C=O) groups is 3. The van der Waals surface area contributed by atoms with Crippen LogP contribution in [0.3, 0.4) is 0 Å². The predicted octanol–water partition coefficient (Wildman–Crippen LogP) is 4.63. The number of rotatable bonds is 19. The second kappa shape index (κ2) is 19.2. The van der Waals surface area contributed by atoms with Gasteiger partial charge in [-0.15, -0.1) is 0 Å². The van der Waals surface area contributed by atoms with Gasteiger partial charge in [0.05, 0.1) is 0 Å². The van der Waals surface area contributed by atoms with E-state index >= 15 is 0 Å². The molecule has 166 valence electrons. The minimum Gasteiger partial charge on any atom is -0.480 e. The fraction of sp³-hybridized carbons (Fsp3) is 0.696. The lowest BCUT2D eigenvalue weighted by Gasteiger charge is -2.11. The predicted molar refractivity (Wildman–Crippen MR) is 117 cm³/mol. The summed E-state index contributed by atoms with van der Waals surface area (Å²) in [5, 5.41) is 11.4. The van der Waals surface area contributed by atoms with Crippen molar-refractivity contribution in [3.8, 4) is 0 Å². The number of allylic oxidation sites excluding steroid dienone is 3. The molecule has 0 aliphatic rings. The number of carboxylic acid groups (broad SMARTS) is 1. The normalized spacial score (nSPS) is 12.4. The van der Waals surface area contributed by atoms with Gasteiger partial charge < -0.3 is 16.2 Å². The van der Waals surface area contributed by atoms with Crippen LogP contribution in [0.25, 0.3) is 0 Å². The molecule has 0 aromatic heterocycles. The number of unbranched alkanes of at least 4 members (excludes halogenated alkanes) is 11. The average Bonchev–Trinajstić information content (AvgIpc) is 2.67. The maximum atomic E-state index is 11.7. The van der Waals surface area contributed by atoms with Crippen LogP contribution in [0.4, 0.5) is 0 Å². The summed E-state index contributed by atoms with van der Waals surface area (Å²) >= 11 is 0. The van der Waals surface area contributed by atoms with Gasteiger partial charge >= 0.3 is 5.97 Å². The molecule has 4 N–H and O–H groups in total. The third-order valence-corrected chi connectivity index (χ3v) is 4.76. The van der Waals surface area contributed by atoms with Crippen LogP contribution >= 0.6 is 0 Å². The van der Waals surface area contributed by atoms with E-state index in [0.717, 1.165) is 12.8 Å². The molecule has 0 aromatic carbocycles. The molecule has 0 heterocycles. The Morgan fingerprint density at radius 2 is 1.45 bits per heavy atom. The first-order valence-corrected chi connectivity index (χ1v) is 11.1. The van der Waals surface area contributed by atoms with Crippen molar-refractivity contribution in [2.45, 2.75) is 103 Å². The number of nitrogens with two attached hydrogens (primary N) is 1. The SMILES string of the molecule is CCCCCCCCCCCCCC=CC=CC(=O)N[C@@H](CCC(N)=O)C(=O)O. The number of carbonyl (C=O) groups excluding carboxylic acids is 2. The summed E-state index contributed by atoms with van der Waals surface area (Å²) in [6, 6.07) is -1.11. The second-order valence-electron chi connectivity index (χ2n) is 7.52. The van der Waals surface area contributed by atoms with Crippen molar-refractivity contribution in [1.82, 2.24) is 5.32 Å². The fourth-order valence-corrected chi connectivity index (χ4v) is 3.01. The van der Waals surface area contributed by atoms with Gasteiger partial charge in [0.15, 0.2) is 0 Å². The highest BCUT2D eigenvalue weighted by Crippen LogP contribution is 2.12. The molecule has 0 bridgehead atoms. The topological polar surface area (TPSA) is 109 Å². The van der Waals surface area contributed by atoms with Gasteiger partial charge in [-0.1, -0.05) is 89.4 Å². The Morgan fingerprint density at radius 1 is 0.897 bits per heavy atom. The number of hydrogen-bond acceptors (Lipinski definition) is 3. The third kappa shape index (κ3) is 19.0. The summed E-state index contributed by atoms with van der Waals surface area (Å²) in [4.78, 5) is 33.5. The Labute approximate surface area is 176 Å². The molecule has 2 amide bonds. The molecule has 1 atom stereocenters. The largest absolute Gasteiger partial charge is 0.480 e. The average molecular weight is 409 g/mol. The highest BCUT2D eigenvalue weighted by Gasteiger charge is 2.19. The number of nitrogens with one attached hydrogen (secondary N) is 1. The van der Waals surface area contributed by atoms with Crippen molar-refractivity contribution in [3.05, 3.63) is 24.3 Å². The summed E-state index contributed by atoms with van der Waals surface area (Å²) in [5.74, 6) is -2.27. The number of primary amides is 1. The van der Waals surface area contributed by atoms with Gasteiger partial charge in [0, 0.05) is 12.5 Å². The molecule has 6 nitrogen and oxygen atoms in total. The summed E-state index contributed by atoms with van der Waals surface area (Å²) in [5.41, 5.74) is 5.00. The zero-order valence-electron chi connectivity index (χ0n) is 18.0. The quantitative estimate of drug-likeness (QED) is 0.164. The van der Waals surface area contributed by atoms with Crippen LogP contribution in [0, 0.1) is 0 Å². The minimum atomic E-state index is -1.18. The van der Waals surface area contributed by atoms with Gasteiger partial charge in [0.2, 0.25) is 11.8 Å². The van der Waals surface area contributed by atoms with Crippen molar-refractivity contribution in [3.63, 3.8) is 0 Å². The Hall–Kier alpha value is -2.11. The molecule has 0 unspecified atom stereocenters. The summed E-state index contributed by atoms with van der Waals surface area (Å²) in [6.45, 7) is 2.25. The molecule has 0 aliphatic heterocycles.